The first-order valence-electron chi connectivity index (χ1n) is 3.47. The highest BCUT2D eigenvalue weighted by molar-refractivity contribution is 4.90. The van der Waals surface area contributed by atoms with Gasteiger partial charge in [-0.2, -0.15) is 0 Å². The van der Waals surface area contributed by atoms with Crippen LogP contribution in [0.1, 0.15) is 13.3 Å². The van der Waals surface area contributed by atoms with E-state index in [0.717, 1.165) is 6.54 Å². The first-order valence-corrected chi connectivity index (χ1v) is 3.47. The minimum Gasteiger partial charge on any atom is -1.00 e. The molecule has 0 aromatic heterocycles. The summed E-state index contributed by atoms with van der Waals surface area (Å²) < 4.78 is 0. The van der Waals surface area contributed by atoms with Crippen molar-refractivity contribution in [1.82, 2.24) is 0 Å². The standard InChI is InChI=1S/C7H13NO.BrH/c1-7-3-2-4-8(7)5-6-9;/h3,9H,2,4-6H2,1H3;1H. The summed E-state index contributed by atoms with van der Waals surface area (Å²) >= 11 is 0. The number of hydrogen-bond acceptors (Lipinski definition) is 1. The van der Waals surface area contributed by atoms with Crippen molar-refractivity contribution < 1.29 is 27.0 Å². The van der Waals surface area contributed by atoms with Gasteiger partial charge in [0.25, 0.3) is 0 Å². The van der Waals surface area contributed by atoms with Crippen LogP contribution < -0.4 is 21.9 Å². The van der Waals surface area contributed by atoms with E-state index in [4.69, 9.17) is 5.11 Å². The Labute approximate surface area is 72.3 Å². The average molecular weight is 208 g/mol. The number of allylic oxidation sites excluding steroid dienone is 1. The highest BCUT2D eigenvalue weighted by Crippen LogP contribution is 1.91. The van der Waals surface area contributed by atoms with Gasteiger partial charge in [0.05, 0.1) is 13.2 Å². The van der Waals surface area contributed by atoms with Crippen LogP contribution in [0.5, 0.6) is 0 Å². The van der Waals surface area contributed by atoms with E-state index in [1.807, 2.05) is 0 Å². The molecular formula is C7H14BrNO. The van der Waals surface area contributed by atoms with Gasteiger partial charge in [-0.3, -0.25) is 0 Å². The number of rotatable bonds is 2. The first kappa shape index (κ1) is 10.1. The Morgan fingerprint density at radius 3 is 2.80 bits per heavy atom. The van der Waals surface area contributed by atoms with Gasteiger partial charge >= 0.3 is 0 Å². The Hall–Kier alpha value is 0.140. The second kappa shape index (κ2) is 4.88. The predicted molar refractivity (Wildman–Crippen MR) is 36.2 cm³/mol. The monoisotopic (exact) mass is 207 g/mol. The zero-order valence-electron chi connectivity index (χ0n) is 6.23. The van der Waals surface area contributed by atoms with Crippen LogP contribution in [0.3, 0.4) is 0 Å². The molecule has 0 saturated carbocycles. The fourth-order valence-corrected chi connectivity index (χ4v) is 1.26. The third kappa shape index (κ3) is 2.40. The molecule has 1 atom stereocenters. The van der Waals surface area contributed by atoms with Crippen molar-refractivity contribution in [1.29, 1.82) is 0 Å². The fraction of sp³-hybridized carbons (Fsp3) is 0.714. The van der Waals surface area contributed by atoms with Gasteiger partial charge in [0.1, 0.15) is 12.2 Å². The maximum absolute atomic E-state index is 8.60. The molecule has 2 N–H and O–H groups in total. The van der Waals surface area contributed by atoms with Crippen molar-refractivity contribution >= 4 is 0 Å². The van der Waals surface area contributed by atoms with Gasteiger partial charge < -0.3 is 27.0 Å². The Balaban J connectivity index is 0.000000810. The first-order chi connectivity index (χ1) is 4.34. The molecule has 0 fully saturated rings. The van der Waals surface area contributed by atoms with Gasteiger partial charge in [-0.1, -0.05) is 0 Å². The average Bonchev–Trinajstić information content (AvgIpc) is 2.18. The normalized spacial score (nSPS) is 23.8. The molecule has 1 unspecified atom stereocenters. The topological polar surface area (TPSA) is 24.7 Å². The second-order valence-corrected chi connectivity index (χ2v) is 2.50. The van der Waals surface area contributed by atoms with Crippen molar-refractivity contribution in [3.05, 3.63) is 11.8 Å². The lowest BCUT2D eigenvalue weighted by Gasteiger charge is -2.10. The van der Waals surface area contributed by atoms with Crippen LogP contribution in [-0.4, -0.2) is 24.8 Å². The molecule has 0 aromatic carbocycles. The number of quaternary nitrogens is 1. The highest BCUT2D eigenvalue weighted by atomic mass is 79.9. The van der Waals surface area contributed by atoms with Crippen LogP contribution in [-0.2, 0) is 0 Å². The van der Waals surface area contributed by atoms with Crippen LogP contribution in [0.25, 0.3) is 0 Å². The molecule has 0 aliphatic carbocycles. The summed E-state index contributed by atoms with van der Waals surface area (Å²) in [6.07, 6.45) is 3.42. The van der Waals surface area contributed by atoms with Crippen molar-refractivity contribution in [2.24, 2.45) is 0 Å². The molecule has 1 heterocycles. The summed E-state index contributed by atoms with van der Waals surface area (Å²) in [6.45, 7) is 4.48. The minimum absolute atomic E-state index is 0. The molecule has 3 heteroatoms. The predicted octanol–water partition coefficient (Wildman–Crippen LogP) is -3.82. The number of aliphatic hydroxyl groups excluding tert-OH is 1. The fourth-order valence-electron chi connectivity index (χ4n) is 1.26. The van der Waals surface area contributed by atoms with E-state index in [1.54, 1.807) is 0 Å². The van der Waals surface area contributed by atoms with E-state index in [0.29, 0.717) is 6.61 Å². The van der Waals surface area contributed by atoms with Gasteiger partial charge in [0.2, 0.25) is 0 Å². The van der Waals surface area contributed by atoms with Crippen molar-refractivity contribution in [2.75, 3.05) is 19.7 Å². The smallest absolute Gasteiger partial charge is 0.105 e. The zero-order valence-corrected chi connectivity index (χ0v) is 7.82. The van der Waals surface area contributed by atoms with Crippen LogP contribution >= 0.6 is 0 Å². The van der Waals surface area contributed by atoms with Gasteiger partial charge in [-0.25, -0.2) is 0 Å². The maximum Gasteiger partial charge on any atom is 0.105 e. The summed E-state index contributed by atoms with van der Waals surface area (Å²) in [6, 6.07) is 0. The lowest BCUT2D eigenvalue weighted by atomic mass is 10.4. The lowest BCUT2D eigenvalue weighted by Crippen LogP contribution is -3.09. The summed E-state index contributed by atoms with van der Waals surface area (Å²) in [5.74, 6) is 0. The van der Waals surface area contributed by atoms with Gasteiger partial charge in [0.15, 0.2) is 0 Å². The Kier molecular flexibility index (Phi) is 4.95. The van der Waals surface area contributed by atoms with Crippen molar-refractivity contribution in [3.8, 4) is 0 Å². The minimum atomic E-state index is 0. The zero-order chi connectivity index (χ0) is 6.69. The van der Waals surface area contributed by atoms with Gasteiger partial charge in [-0.05, 0) is 6.08 Å². The third-order valence-electron chi connectivity index (χ3n) is 1.87. The van der Waals surface area contributed by atoms with Crippen LogP contribution in [0.4, 0.5) is 0 Å². The van der Waals surface area contributed by atoms with E-state index < -0.39 is 0 Å². The Morgan fingerprint density at radius 2 is 2.40 bits per heavy atom. The molecule has 0 spiro atoms. The molecular weight excluding hydrogens is 194 g/mol. The van der Waals surface area contributed by atoms with Crippen LogP contribution in [0.2, 0.25) is 0 Å². The number of nitrogens with one attached hydrogen (secondary N) is 1. The van der Waals surface area contributed by atoms with E-state index in [1.165, 1.54) is 23.6 Å². The second-order valence-electron chi connectivity index (χ2n) is 2.50. The molecule has 0 radical (unpaired) electrons. The summed E-state index contributed by atoms with van der Waals surface area (Å²) in [7, 11) is 0. The Morgan fingerprint density at radius 1 is 1.70 bits per heavy atom. The van der Waals surface area contributed by atoms with Gasteiger partial charge in [0, 0.05) is 13.3 Å². The molecule has 1 aliphatic rings. The molecule has 0 aromatic rings. The number of aliphatic hydroxyl groups is 1. The molecule has 2 nitrogen and oxygen atoms in total. The number of hydrogen-bond donors (Lipinski definition) is 2. The largest absolute Gasteiger partial charge is 1.00 e. The quantitative estimate of drug-likeness (QED) is 0.477. The summed E-state index contributed by atoms with van der Waals surface area (Å²) in [4.78, 5) is 1.44. The van der Waals surface area contributed by atoms with E-state index in [2.05, 4.69) is 13.0 Å². The molecule has 0 bridgehead atoms. The molecule has 1 rings (SSSR count). The molecule has 10 heavy (non-hydrogen) atoms. The summed E-state index contributed by atoms with van der Waals surface area (Å²) in [5, 5.41) is 8.60. The molecule has 0 saturated heterocycles. The van der Waals surface area contributed by atoms with E-state index in [9.17, 15) is 0 Å². The van der Waals surface area contributed by atoms with Crippen molar-refractivity contribution in [3.63, 3.8) is 0 Å². The highest BCUT2D eigenvalue weighted by Gasteiger charge is 2.14. The van der Waals surface area contributed by atoms with Crippen LogP contribution in [0, 0.1) is 0 Å². The SMILES string of the molecule is CC1=CCC[NH+]1CCO.[Br-]. The van der Waals surface area contributed by atoms with Crippen LogP contribution in [0.15, 0.2) is 11.8 Å². The van der Waals surface area contributed by atoms with Gasteiger partial charge in [-0.15, -0.1) is 0 Å². The Bertz CT molecular complexity index is 125. The summed E-state index contributed by atoms with van der Waals surface area (Å²) in [5.41, 5.74) is 1.39. The van der Waals surface area contributed by atoms with E-state index in [-0.39, 0.29) is 17.0 Å². The molecule has 0 amide bonds. The molecule has 1 aliphatic heterocycles. The van der Waals surface area contributed by atoms with Crippen molar-refractivity contribution in [2.45, 2.75) is 13.3 Å². The third-order valence-corrected chi connectivity index (χ3v) is 1.87. The molecule has 60 valence electrons. The number of halogens is 1. The lowest BCUT2D eigenvalue weighted by molar-refractivity contribution is -0.854. The maximum atomic E-state index is 8.60. The van der Waals surface area contributed by atoms with E-state index >= 15 is 0 Å².